The molecular weight excluding hydrogens is 446 g/mol. The highest BCUT2D eigenvalue weighted by Crippen LogP contribution is 2.21. The van der Waals surface area contributed by atoms with Crippen molar-refractivity contribution in [2.75, 3.05) is 6.26 Å². The Kier molecular flexibility index (Phi) is 8.04. The summed E-state index contributed by atoms with van der Waals surface area (Å²) in [6.07, 6.45) is 0.117. The zero-order valence-electron chi connectivity index (χ0n) is 17.8. The molecule has 8 nitrogen and oxygen atoms in total. The topological polar surface area (TPSA) is 108 Å². The number of alkyl carbamates (subject to hydrolysis) is 1. The lowest BCUT2D eigenvalue weighted by Gasteiger charge is -2.18. The molecule has 0 spiro atoms. The third-order valence-corrected chi connectivity index (χ3v) is 4.89. The van der Waals surface area contributed by atoms with Crippen LogP contribution in [0.25, 0.3) is 0 Å². The van der Waals surface area contributed by atoms with Crippen molar-refractivity contribution in [1.29, 1.82) is 0 Å². The first kappa shape index (κ1) is 23.8. The van der Waals surface area contributed by atoms with Crippen molar-refractivity contribution in [3.8, 4) is 5.75 Å². The van der Waals surface area contributed by atoms with Crippen LogP contribution in [0.1, 0.15) is 22.7 Å². The Hall–Kier alpha value is -3.85. The molecule has 0 aliphatic heterocycles. The first-order chi connectivity index (χ1) is 15.8. The van der Waals surface area contributed by atoms with Gasteiger partial charge in [-0.05, 0) is 28.8 Å². The SMILES string of the molecule is CS(=O)(=O)Oc1ccc(C(NC(=O)OCc2ccccc2)C(=O)OCc2ccccc2)cc1. The number of nitrogens with one attached hydrogen (secondary N) is 1. The predicted octanol–water partition coefficient (Wildman–Crippen LogP) is 3.74. The van der Waals surface area contributed by atoms with E-state index in [2.05, 4.69) is 5.32 Å². The number of carbonyl (C=O) groups excluding carboxylic acids is 2. The fourth-order valence-corrected chi connectivity index (χ4v) is 3.32. The van der Waals surface area contributed by atoms with Gasteiger partial charge in [0, 0.05) is 0 Å². The summed E-state index contributed by atoms with van der Waals surface area (Å²) in [7, 11) is -3.70. The number of benzene rings is 3. The Morgan fingerprint density at radius 3 is 1.82 bits per heavy atom. The summed E-state index contributed by atoms with van der Waals surface area (Å²) in [4.78, 5) is 25.2. The first-order valence-electron chi connectivity index (χ1n) is 9.97. The van der Waals surface area contributed by atoms with Crippen LogP contribution in [-0.2, 0) is 37.6 Å². The van der Waals surface area contributed by atoms with Crippen molar-refractivity contribution >= 4 is 22.2 Å². The van der Waals surface area contributed by atoms with Gasteiger partial charge in [0.25, 0.3) is 0 Å². The van der Waals surface area contributed by atoms with Gasteiger partial charge in [-0.3, -0.25) is 0 Å². The number of amides is 1. The number of ether oxygens (including phenoxy) is 2. The van der Waals surface area contributed by atoms with Gasteiger partial charge in [0.1, 0.15) is 19.0 Å². The second-order valence-electron chi connectivity index (χ2n) is 7.09. The molecule has 0 bridgehead atoms. The van der Waals surface area contributed by atoms with Crippen LogP contribution in [0.4, 0.5) is 4.79 Å². The second kappa shape index (κ2) is 11.1. The molecule has 1 atom stereocenters. The molecule has 0 aliphatic carbocycles. The lowest BCUT2D eigenvalue weighted by Crippen LogP contribution is -2.35. The molecular formula is C24H23NO7S. The number of rotatable bonds is 9. The van der Waals surface area contributed by atoms with E-state index in [1.54, 1.807) is 24.3 Å². The number of esters is 1. The third-order valence-electron chi connectivity index (χ3n) is 4.40. The van der Waals surface area contributed by atoms with Gasteiger partial charge in [0.15, 0.2) is 6.04 Å². The summed E-state index contributed by atoms with van der Waals surface area (Å²) < 4.78 is 38.0. The maximum atomic E-state index is 12.8. The van der Waals surface area contributed by atoms with Crippen molar-refractivity contribution in [2.45, 2.75) is 19.3 Å². The average molecular weight is 470 g/mol. The van der Waals surface area contributed by atoms with Crippen LogP contribution < -0.4 is 9.50 Å². The first-order valence-corrected chi connectivity index (χ1v) is 11.8. The molecule has 0 aliphatic rings. The molecule has 1 unspecified atom stereocenters. The molecule has 33 heavy (non-hydrogen) atoms. The van der Waals surface area contributed by atoms with Crippen LogP contribution in [-0.4, -0.2) is 26.7 Å². The van der Waals surface area contributed by atoms with E-state index in [0.717, 1.165) is 17.4 Å². The largest absolute Gasteiger partial charge is 0.459 e. The van der Waals surface area contributed by atoms with E-state index >= 15 is 0 Å². The van der Waals surface area contributed by atoms with Crippen molar-refractivity contribution in [3.63, 3.8) is 0 Å². The standard InChI is InChI=1S/C24H23NO7S/c1-33(28,29)32-21-14-12-20(13-15-21)22(23(26)30-16-18-8-4-2-5-9-18)25-24(27)31-17-19-10-6-3-7-11-19/h2-15,22H,16-17H2,1H3,(H,25,27). The second-order valence-corrected chi connectivity index (χ2v) is 8.66. The normalized spacial score (nSPS) is 11.8. The minimum Gasteiger partial charge on any atom is -0.459 e. The van der Waals surface area contributed by atoms with Crippen molar-refractivity contribution in [3.05, 3.63) is 102 Å². The Bertz CT molecular complexity index is 1160. The molecule has 0 saturated carbocycles. The maximum Gasteiger partial charge on any atom is 0.408 e. The Balaban J connectivity index is 1.71. The molecule has 0 aromatic heterocycles. The highest BCUT2D eigenvalue weighted by Gasteiger charge is 2.25. The minimum absolute atomic E-state index is 0.0200. The van der Waals surface area contributed by atoms with Gasteiger partial charge in [0.05, 0.1) is 6.26 Å². The van der Waals surface area contributed by atoms with E-state index < -0.39 is 28.2 Å². The molecule has 0 fully saturated rings. The van der Waals surface area contributed by atoms with Crippen LogP contribution >= 0.6 is 0 Å². The lowest BCUT2D eigenvalue weighted by molar-refractivity contribution is -0.147. The predicted molar refractivity (Wildman–Crippen MR) is 121 cm³/mol. The fourth-order valence-electron chi connectivity index (χ4n) is 2.86. The summed E-state index contributed by atoms with van der Waals surface area (Å²) in [6, 6.07) is 22.7. The fraction of sp³-hybridized carbons (Fsp3) is 0.167. The zero-order chi connectivity index (χ0) is 23.7. The minimum atomic E-state index is -3.70. The summed E-state index contributed by atoms with van der Waals surface area (Å²) in [6.45, 7) is 0.0474. The summed E-state index contributed by atoms with van der Waals surface area (Å²) in [5, 5.41) is 2.51. The molecule has 9 heteroatoms. The molecule has 0 radical (unpaired) electrons. The van der Waals surface area contributed by atoms with E-state index in [-0.39, 0.29) is 19.0 Å². The highest BCUT2D eigenvalue weighted by atomic mass is 32.2. The summed E-state index contributed by atoms with van der Waals surface area (Å²) >= 11 is 0. The molecule has 0 heterocycles. The van der Waals surface area contributed by atoms with Gasteiger partial charge >= 0.3 is 22.2 Å². The van der Waals surface area contributed by atoms with Gasteiger partial charge in [-0.25, -0.2) is 9.59 Å². The number of carbonyl (C=O) groups is 2. The van der Waals surface area contributed by atoms with Crippen molar-refractivity contribution in [2.24, 2.45) is 0 Å². The molecule has 0 saturated heterocycles. The Morgan fingerprint density at radius 2 is 1.30 bits per heavy atom. The van der Waals surface area contributed by atoms with Crippen LogP contribution in [0.2, 0.25) is 0 Å². The molecule has 172 valence electrons. The number of hydrogen-bond donors (Lipinski definition) is 1. The zero-order valence-corrected chi connectivity index (χ0v) is 18.7. The van der Waals surface area contributed by atoms with E-state index in [4.69, 9.17) is 13.7 Å². The van der Waals surface area contributed by atoms with E-state index in [1.807, 2.05) is 36.4 Å². The smallest absolute Gasteiger partial charge is 0.408 e. The van der Waals surface area contributed by atoms with Gasteiger partial charge in [-0.15, -0.1) is 0 Å². The maximum absolute atomic E-state index is 12.8. The quantitative estimate of drug-likeness (QED) is 0.376. The lowest BCUT2D eigenvalue weighted by atomic mass is 10.1. The van der Waals surface area contributed by atoms with E-state index in [9.17, 15) is 18.0 Å². The molecule has 1 amide bonds. The molecule has 3 aromatic rings. The van der Waals surface area contributed by atoms with Crippen LogP contribution in [0.15, 0.2) is 84.9 Å². The van der Waals surface area contributed by atoms with Crippen LogP contribution in [0.5, 0.6) is 5.75 Å². The monoisotopic (exact) mass is 469 g/mol. The third kappa shape index (κ3) is 7.97. The van der Waals surface area contributed by atoms with E-state index in [0.29, 0.717) is 5.56 Å². The van der Waals surface area contributed by atoms with E-state index in [1.165, 1.54) is 24.3 Å². The number of hydrogen-bond acceptors (Lipinski definition) is 7. The van der Waals surface area contributed by atoms with Crippen molar-refractivity contribution in [1.82, 2.24) is 5.32 Å². The van der Waals surface area contributed by atoms with Crippen molar-refractivity contribution < 1.29 is 31.7 Å². The van der Waals surface area contributed by atoms with Crippen LogP contribution in [0.3, 0.4) is 0 Å². The Labute approximate surface area is 192 Å². The Morgan fingerprint density at radius 1 is 0.788 bits per heavy atom. The van der Waals surface area contributed by atoms with Gasteiger partial charge in [-0.2, -0.15) is 8.42 Å². The summed E-state index contributed by atoms with van der Waals surface area (Å²) in [5.41, 5.74) is 1.94. The summed E-state index contributed by atoms with van der Waals surface area (Å²) in [5.74, 6) is -0.628. The highest BCUT2D eigenvalue weighted by molar-refractivity contribution is 7.86. The van der Waals surface area contributed by atoms with Gasteiger partial charge in [0.2, 0.25) is 0 Å². The molecule has 3 aromatic carbocycles. The van der Waals surface area contributed by atoms with Crippen LogP contribution in [0, 0.1) is 0 Å². The average Bonchev–Trinajstić information content (AvgIpc) is 2.81. The molecule has 1 N–H and O–H groups in total. The van der Waals surface area contributed by atoms with Gasteiger partial charge < -0.3 is 19.0 Å². The molecule has 3 rings (SSSR count). The van der Waals surface area contributed by atoms with Gasteiger partial charge in [-0.1, -0.05) is 72.8 Å².